The largest absolute Gasteiger partial charge is 0.491 e. The zero-order valence-electron chi connectivity index (χ0n) is 8.66. The lowest BCUT2D eigenvalue weighted by Crippen LogP contribution is -2.07. The van der Waals surface area contributed by atoms with E-state index in [0.717, 1.165) is 14.9 Å². The second-order valence-electron chi connectivity index (χ2n) is 3.49. The molecule has 0 aliphatic heterocycles. The summed E-state index contributed by atoms with van der Waals surface area (Å²) in [5.74, 6) is -0.101. The van der Waals surface area contributed by atoms with Crippen LogP contribution in [0, 0.1) is 3.57 Å². The molecule has 0 fully saturated rings. The Morgan fingerprint density at radius 1 is 1.53 bits per heavy atom. The number of ether oxygens (including phenoxy) is 1. The van der Waals surface area contributed by atoms with Crippen LogP contribution >= 0.6 is 22.6 Å². The number of hydrogen-bond donors (Lipinski definition) is 1. The van der Waals surface area contributed by atoms with Gasteiger partial charge in [0.05, 0.1) is 12.5 Å². The number of aliphatic carboxylic acids is 1. The zero-order valence-corrected chi connectivity index (χ0v) is 10.8. The van der Waals surface area contributed by atoms with Crippen LogP contribution in [-0.2, 0) is 11.2 Å². The molecule has 0 bridgehead atoms. The third-order valence-corrected chi connectivity index (χ3v) is 2.78. The highest BCUT2D eigenvalue weighted by molar-refractivity contribution is 14.1. The lowest BCUT2D eigenvalue weighted by atomic mass is 10.1. The summed E-state index contributed by atoms with van der Waals surface area (Å²) < 4.78 is 6.45. The molecular formula is C11H13IO3. The van der Waals surface area contributed by atoms with E-state index in [9.17, 15) is 4.79 Å². The Balaban J connectivity index is 2.89. The molecule has 15 heavy (non-hydrogen) atoms. The van der Waals surface area contributed by atoms with Crippen molar-refractivity contribution < 1.29 is 14.6 Å². The second-order valence-corrected chi connectivity index (χ2v) is 4.65. The molecule has 1 N–H and O–H groups in total. The average molecular weight is 320 g/mol. The standard InChI is InChI=1S/C11H13IO3/c1-7(2)15-9-3-4-10(12)8(5-9)6-11(13)14/h3-5,7H,6H2,1-2H3,(H,13,14). The number of carboxylic acid groups (broad SMARTS) is 1. The highest BCUT2D eigenvalue weighted by Crippen LogP contribution is 2.21. The molecule has 0 aromatic heterocycles. The van der Waals surface area contributed by atoms with Crippen molar-refractivity contribution in [1.82, 2.24) is 0 Å². The van der Waals surface area contributed by atoms with E-state index in [2.05, 4.69) is 22.6 Å². The van der Waals surface area contributed by atoms with E-state index >= 15 is 0 Å². The summed E-state index contributed by atoms with van der Waals surface area (Å²) in [6, 6.07) is 5.51. The first-order valence-electron chi connectivity index (χ1n) is 4.66. The Kier molecular flexibility index (Phi) is 4.38. The summed E-state index contributed by atoms with van der Waals surface area (Å²) in [5, 5.41) is 8.72. The molecule has 4 heteroatoms. The molecule has 0 aliphatic rings. The van der Waals surface area contributed by atoms with Crippen LogP contribution in [0.15, 0.2) is 18.2 Å². The zero-order chi connectivity index (χ0) is 11.4. The predicted molar refractivity (Wildman–Crippen MR) is 66.3 cm³/mol. The van der Waals surface area contributed by atoms with Crippen LogP contribution in [0.2, 0.25) is 0 Å². The van der Waals surface area contributed by atoms with Gasteiger partial charge in [0.25, 0.3) is 0 Å². The molecule has 0 atom stereocenters. The summed E-state index contributed by atoms with van der Waals surface area (Å²) in [6.45, 7) is 3.88. The number of benzene rings is 1. The maximum absolute atomic E-state index is 10.6. The molecule has 0 saturated heterocycles. The number of carbonyl (C=O) groups is 1. The van der Waals surface area contributed by atoms with Gasteiger partial charge in [0.2, 0.25) is 0 Å². The van der Waals surface area contributed by atoms with E-state index in [4.69, 9.17) is 9.84 Å². The summed E-state index contributed by atoms with van der Waals surface area (Å²) >= 11 is 2.13. The molecule has 1 rings (SSSR count). The van der Waals surface area contributed by atoms with Crippen LogP contribution in [0.25, 0.3) is 0 Å². The van der Waals surface area contributed by atoms with E-state index in [1.165, 1.54) is 0 Å². The first kappa shape index (κ1) is 12.3. The van der Waals surface area contributed by atoms with Crippen LogP contribution in [0.4, 0.5) is 0 Å². The smallest absolute Gasteiger partial charge is 0.307 e. The number of rotatable bonds is 4. The lowest BCUT2D eigenvalue weighted by molar-refractivity contribution is -0.136. The minimum Gasteiger partial charge on any atom is -0.491 e. The Hall–Kier alpha value is -0.780. The fourth-order valence-electron chi connectivity index (χ4n) is 1.19. The van der Waals surface area contributed by atoms with E-state index < -0.39 is 5.97 Å². The van der Waals surface area contributed by atoms with Gasteiger partial charge in [-0.2, -0.15) is 0 Å². The number of hydrogen-bond acceptors (Lipinski definition) is 2. The maximum Gasteiger partial charge on any atom is 0.307 e. The lowest BCUT2D eigenvalue weighted by Gasteiger charge is -2.11. The van der Waals surface area contributed by atoms with Gasteiger partial charge in [-0.1, -0.05) is 0 Å². The van der Waals surface area contributed by atoms with Crippen LogP contribution in [0.3, 0.4) is 0 Å². The van der Waals surface area contributed by atoms with Gasteiger partial charge < -0.3 is 9.84 Å². The van der Waals surface area contributed by atoms with Gasteiger partial charge in [0.15, 0.2) is 0 Å². The highest BCUT2D eigenvalue weighted by Gasteiger charge is 2.07. The topological polar surface area (TPSA) is 46.5 Å². The minimum atomic E-state index is -0.824. The van der Waals surface area contributed by atoms with Crippen LogP contribution in [0.5, 0.6) is 5.75 Å². The Bertz CT molecular complexity index is 361. The van der Waals surface area contributed by atoms with Gasteiger partial charge in [-0.25, -0.2) is 0 Å². The SMILES string of the molecule is CC(C)Oc1ccc(I)c(CC(=O)O)c1. The van der Waals surface area contributed by atoms with Gasteiger partial charge in [-0.15, -0.1) is 0 Å². The number of carboxylic acids is 1. The molecule has 0 radical (unpaired) electrons. The molecule has 1 aromatic carbocycles. The minimum absolute atomic E-state index is 0.0353. The van der Waals surface area contributed by atoms with Crippen molar-refractivity contribution in [3.05, 3.63) is 27.3 Å². The van der Waals surface area contributed by atoms with Gasteiger partial charge in [0, 0.05) is 3.57 Å². The van der Waals surface area contributed by atoms with Gasteiger partial charge >= 0.3 is 5.97 Å². The van der Waals surface area contributed by atoms with Crippen LogP contribution in [0.1, 0.15) is 19.4 Å². The fraction of sp³-hybridized carbons (Fsp3) is 0.364. The van der Waals surface area contributed by atoms with Crippen LogP contribution < -0.4 is 4.74 Å². The van der Waals surface area contributed by atoms with Gasteiger partial charge in [0.1, 0.15) is 5.75 Å². The molecule has 82 valence electrons. The van der Waals surface area contributed by atoms with Crippen LogP contribution in [-0.4, -0.2) is 17.2 Å². The highest BCUT2D eigenvalue weighted by atomic mass is 127. The normalized spacial score (nSPS) is 10.4. The third kappa shape index (κ3) is 4.07. The van der Waals surface area contributed by atoms with Crippen molar-refractivity contribution in [2.24, 2.45) is 0 Å². The molecule has 3 nitrogen and oxygen atoms in total. The van der Waals surface area contributed by atoms with E-state index in [0.29, 0.717) is 0 Å². The van der Waals surface area contributed by atoms with Crippen molar-refractivity contribution >= 4 is 28.6 Å². The molecule has 1 aromatic rings. The van der Waals surface area contributed by atoms with Crippen molar-refractivity contribution in [3.8, 4) is 5.75 Å². The Morgan fingerprint density at radius 3 is 2.73 bits per heavy atom. The van der Waals surface area contributed by atoms with Crippen molar-refractivity contribution in [3.63, 3.8) is 0 Å². The first-order chi connectivity index (χ1) is 6.99. The third-order valence-electron chi connectivity index (χ3n) is 1.73. The molecule has 0 spiro atoms. The molecule has 0 heterocycles. The van der Waals surface area contributed by atoms with E-state index in [1.54, 1.807) is 6.07 Å². The summed E-state index contributed by atoms with van der Waals surface area (Å²) in [4.78, 5) is 10.6. The van der Waals surface area contributed by atoms with Gasteiger partial charge in [-0.3, -0.25) is 4.79 Å². The van der Waals surface area contributed by atoms with Gasteiger partial charge in [-0.05, 0) is 60.2 Å². The predicted octanol–water partition coefficient (Wildman–Crippen LogP) is 2.71. The summed E-state index contributed by atoms with van der Waals surface area (Å²) in [6.07, 6.45) is 0.135. The Morgan fingerprint density at radius 2 is 2.20 bits per heavy atom. The average Bonchev–Trinajstić information content (AvgIpc) is 2.09. The monoisotopic (exact) mass is 320 g/mol. The Labute approximate surface area is 103 Å². The first-order valence-corrected chi connectivity index (χ1v) is 5.74. The van der Waals surface area contributed by atoms with E-state index in [1.807, 2.05) is 26.0 Å². The molecule has 0 unspecified atom stereocenters. The maximum atomic E-state index is 10.6. The molecule has 0 saturated carbocycles. The molecular weight excluding hydrogens is 307 g/mol. The summed E-state index contributed by atoms with van der Waals surface area (Å²) in [5.41, 5.74) is 0.793. The van der Waals surface area contributed by atoms with Crippen molar-refractivity contribution in [1.29, 1.82) is 0 Å². The second kappa shape index (κ2) is 5.34. The molecule has 0 amide bonds. The molecule has 0 aliphatic carbocycles. The van der Waals surface area contributed by atoms with Crippen molar-refractivity contribution in [2.45, 2.75) is 26.4 Å². The van der Waals surface area contributed by atoms with Crippen molar-refractivity contribution in [2.75, 3.05) is 0 Å². The van der Waals surface area contributed by atoms with E-state index in [-0.39, 0.29) is 12.5 Å². The fourth-order valence-corrected chi connectivity index (χ4v) is 1.72. The quantitative estimate of drug-likeness (QED) is 0.868. The summed E-state index contributed by atoms with van der Waals surface area (Å²) in [7, 11) is 0. The number of halogens is 1.